The molecule has 0 spiro atoms. The summed E-state index contributed by atoms with van der Waals surface area (Å²) in [4.78, 5) is 11.4. The Balaban J connectivity index is 2.64. The van der Waals surface area contributed by atoms with E-state index >= 15 is 0 Å². The molecule has 0 bridgehead atoms. The highest BCUT2D eigenvalue weighted by Crippen LogP contribution is 2.28. The highest BCUT2D eigenvalue weighted by molar-refractivity contribution is 7.89. The minimum Gasteiger partial charge on any atom is -0.389 e. The summed E-state index contributed by atoms with van der Waals surface area (Å²) in [6.45, 7) is 3.63. The van der Waals surface area contributed by atoms with Crippen LogP contribution >= 0.6 is 0 Å². The second-order valence-corrected chi connectivity index (χ2v) is 8.99. The van der Waals surface area contributed by atoms with Crippen molar-refractivity contribution in [1.82, 2.24) is 10.0 Å². The number of aliphatic hydroxyl groups excluding tert-OH is 2. The zero-order chi connectivity index (χ0) is 18.9. The summed E-state index contributed by atoms with van der Waals surface area (Å²) in [5.41, 5.74) is 0. The zero-order valence-electron chi connectivity index (χ0n) is 15.4. The molecule has 0 saturated heterocycles. The molecule has 8 heteroatoms. The van der Waals surface area contributed by atoms with E-state index in [4.69, 9.17) is 0 Å². The highest BCUT2D eigenvalue weighted by Gasteiger charge is 2.32. The highest BCUT2D eigenvalue weighted by atomic mass is 32.2. The Labute approximate surface area is 151 Å². The summed E-state index contributed by atoms with van der Waals surface area (Å²) in [6.07, 6.45) is 4.92. The summed E-state index contributed by atoms with van der Waals surface area (Å²) >= 11 is 0. The van der Waals surface area contributed by atoms with Crippen molar-refractivity contribution in [1.29, 1.82) is 0 Å². The van der Waals surface area contributed by atoms with E-state index in [9.17, 15) is 23.4 Å². The smallest absolute Gasteiger partial charge is 0.217 e. The first-order chi connectivity index (χ1) is 11.7. The van der Waals surface area contributed by atoms with Gasteiger partial charge in [0.2, 0.25) is 15.9 Å². The molecular formula is C17H34N2O5S. The van der Waals surface area contributed by atoms with Crippen molar-refractivity contribution >= 4 is 15.9 Å². The number of nitrogens with one attached hydrogen (secondary N) is 2. The molecule has 1 aliphatic rings. The molecule has 0 aromatic heterocycles. The molecule has 1 saturated carbocycles. The largest absolute Gasteiger partial charge is 0.389 e. The van der Waals surface area contributed by atoms with Crippen molar-refractivity contribution in [2.75, 3.05) is 12.3 Å². The van der Waals surface area contributed by atoms with Crippen LogP contribution in [0.1, 0.15) is 65.2 Å². The maximum Gasteiger partial charge on any atom is 0.217 e. The van der Waals surface area contributed by atoms with Gasteiger partial charge in [0.05, 0.1) is 17.9 Å². The number of unbranched alkanes of at least 4 members (excludes halogenated alkanes) is 1. The molecule has 25 heavy (non-hydrogen) atoms. The lowest BCUT2D eigenvalue weighted by atomic mass is 9.83. The molecule has 148 valence electrons. The molecule has 0 radical (unpaired) electrons. The summed E-state index contributed by atoms with van der Waals surface area (Å²) < 4.78 is 26.4. The number of sulfonamides is 1. The van der Waals surface area contributed by atoms with Gasteiger partial charge in [0, 0.05) is 13.5 Å². The summed E-state index contributed by atoms with van der Waals surface area (Å²) in [6, 6.07) is -0.638. The van der Waals surface area contributed by atoms with Crippen molar-refractivity contribution < 1.29 is 23.4 Å². The van der Waals surface area contributed by atoms with E-state index in [1.54, 1.807) is 0 Å². The van der Waals surface area contributed by atoms with Gasteiger partial charge in [-0.25, -0.2) is 13.1 Å². The fraction of sp³-hybridized carbons (Fsp3) is 0.941. The Hall–Kier alpha value is -0.700. The molecule has 0 aliphatic heterocycles. The Morgan fingerprint density at radius 2 is 1.84 bits per heavy atom. The van der Waals surface area contributed by atoms with E-state index in [2.05, 4.69) is 10.0 Å². The summed E-state index contributed by atoms with van der Waals surface area (Å²) in [5, 5.41) is 23.3. The Morgan fingerprint density at radius 3 is 2.40 bits per heavy atom. The third kappa shape index (κ3) is 8.99. The SMILES string of the molecule is CCCCNS(=O)(=O)C[C@H](O)C(O)C(CC1CCCCC1)NC(C)=O. The zero-order valence-corrected chi connectivity index (χ0v) is 16.2. The minimum absolute atomic E-state index is 0.295. The van der Waals surface area contributed by atoms with E-state index < -0.39 is 34.0 Å². The predicted molar refractivity (Wildman–Crippen MR) is 97.5 cm³/mol. The number of aliphatic hydroxyl groups is 2. The Morgan fingerprint density at radius 1 is 1.20 bits per heavy atom. The fourth-order valence-electron chi connectivity index (χ4n) is 3.38. The first-order valence-electron chi connectivity index (χ1n) is 9.35. The third-order valence-corrected chi connectivity index (χ3v) is 6.17. The van der Waals surface area contributed by atoms with Crippen LogP contribution in [0.5, 0.6) is 0 Å². The van der Waals surface area contributed by atoms with Crippen LogP contribution in [-0.4, -0.2) is 55.1 Å². The first kappa shape index (κ1) is 22.3. The molecular weight excluding hydrogens is 344 g/mol. The van der Waals surface area contributed by atoms with Crippen LogP contribution in [0.25, 0.3) is 0 Å². The maximum absolute atomic E-state index is 12.0. The molecule has 1 aliphatic carbocycles. The van der Waals surface area contributed by atoms with Crippen LogP contribution in [0.4, 0.5) is 0 Å². The van der Waals surface area contributed by atoms with Crippen LogP contribution < -0.4 is 10.0 Å². The van der Waals surface area contributed by atoms with Gasteiger partial charge >= 0.3 is 0 Å². The quantitative estimate of drug-likeness (QED) is 0.399. The lowest BCUT2D eigenvalue weighted by Gasteiger charge is -2.31. The van der Waals surface area contributed by atoms with Crippen LogP contribution in [0, 0.1) is 5.92 Å². The van der Waals surface area contributed by atoms with Crippen molar-refractivity contribution in [3.63, 3.8) is 0 Å². The minimum atomic E-state index is -3.67. The van der Waals surface area contributed by atoms with E-state index in [1.807, 2.05) is 6.92 Å². The number of carbonyl (C=O) groups is 1. The van der Waals surface area contributed by atoms with Crippen LogP contribution in [-0.2, 0) is 14.8 Å². The second kappa shape index (κ2) is 11.1. The normalized spacial score (nSPS) is 20.0. The van der Waals surface area contributed by atoms with Gasteiger partial charge in [-0.2, -0.15) is 0 Å². The number of hydrogen-bond acceptors (Lipinski definition) is 5. The van der Waals surface area contributed by atoms with Gasteiger partial charge in [0.1, 0.15) is 6.10 Å². The number of carbonyl (C=O) groups excluding carboxylic acids is 1. The molecule has 3 atom stereocenters. The molecule has 1 amide bonds. The van der Waals surface area contributed by atoms with Gasteiger partial charge in [-0.1, -0.05) is 45.4 Å². The average molecular weight is 379 g/mol. The Bertz CT molecular complexity index is 491. The van der Waals surface area contributed by atoms with Gasteiger partial charge in [-0.15, -0.1) is 0 Å². The Kier molecular flexibility index (Phi) is 9.92. The monoisotopic (exact) mass is 378 g/mol. The molecule has 4 N–H and O–H groups in total. The van der Waals surface area contributed by atoms with E-state index in [1.165, 1.54) is 13.3 Å². The topological polar surface area (TPSA) is 116 Å². The van der Waals surface area contributed by atoms with Gasteiger partial charge in [-0.3, -0.25) is 4.79 Å². The molecule has 7 nitrogen and oxygen atoms in total. The molecule has 0 aromatic rings. The standard InChI is InChI=1S/C17H34N2O5S/c1-3-4-10-18-25(23,24)12-16(21)17(22)15(19-13(2)20)11-14-8-6-5-7-9-14/h14-18,21-22H,3-12H2,1-2H3,(H,19,20)/t15?,16-,17?/m0/s1. The maximum atomic E-state index is 12.0. The number of hydrogen-bond donors (Lipinski definition) is 4. The summed E-state index contributed by atoms with van der Waals surface area (Å²) in [7, 11) is -3.67. The molecule has 2 unspecified atom stereocenters. The van der Waals surface area contributed by atoms with Crippen molar-refractivity contribution in [2.45, 2.75) is 83.5 Å². The predicted octanol–water partition coefficient (Wildman–Crippen LogP) is 0.903. The van der Waals surface area contributed by atoms with E-state index in [-0.39, 0.29) is 5.91 Å². The van der Waals surface area contributed by atoms with Gasteiger partial charge in [0.15, 0.2) is 0 Å². The molecule has 0 heterocycles. The van der Waals surface area contributed by atoms with Gasteiger partial charge in [0.25, 0.3) is 0 Å². The van der Waals surface area contributed by atoms with Gasteiger partial charge < -0.3 is 15.5 Å². The lowest BCUT2D eigenvalue weighted by Crippen LogP contribution is -2.51. The average Bonchev–Trinajstić information content (AvgIpc) is 2.53. The van der Waals surface area contributed by atoms with Crippen molar-refractivity contribution in [3.8, 4) is 0 Å². The van der Waals surface area contributed by atoms with Crippen LogP contribution in [0.3, 0.4) is 0 Å². The van der Waals surface area contributed by atoms with E-state index in [0.717, 1.165) is 32.1 Å². The molecule has 1 rings (SSSR count). The van der Waals surface area contributed by atoms with E-state index in [0.29, 0.717) is 25.3 Å². The van der Waals surface area contributed by atoms with Crippen molar-refractivity contribution in [2.24, 2.45) is 5.92 Å². The second-order valence-electron chi connectivity index (χ2n) is 7.13. The molecule has 1 fully saturated rings. The summed E-state index contributed by atoms with van der Waals surface area (Å²) in [5.74, 6) is -0.485. The lowest BCUT2D eigenvalue weighted by molar-refractivity contribution is -0.121. The number of amides is 1. The fourth-order valence-corrected chi connectivity index (χ4v) is 4.60. The third-order valence-electron chi connectivity index (χ3n) is 4.75. The van der Waals surface area contributed by atoms with Crippen LogP contribution in [0.2, 0.25) is 0 Å². The molecule has 0 aromatic carbocycles. The van der Waals surface area contributed by atoms with Crippen molar-refractivity contribution in [3.05, 3.63) is 0 Å². The van der Waals surface area contributed by atoms with Gasteiger partial charge in [-0.05, 0) is 18.8 Å². The number of rotatable bonds is 11. The first-order valence-corrected chi connectivity index (χ1v) is 11.0. The van der Waals surface area contributed by atoms with Crippen LogP contribution in [0.15, 0.2) is 0 Å².